The molecule has 1 aliphatic carbocycles. The van der Waals surface area contributed by atoms with Gasteiger partial charge in [0.2, 0.25) is 0 Å². The first-order valence-corrected chi connectivity index (χ1v) is 2.93. The summed E-state index contributed by atoms with van der Waals surface area (Å²) >= 11 is 0. The summed E-state index contributed by atoms with van der Waals surface area (Å²) in [6.07, 6.45) is 10.3. The maximum absolute atomic E-state index is 9.20. The molecule has 0 saturated heterocycles. The molecule has 0 spiro atoms. The highest BCUT2D eigenvalue weighted by atomic mass is 16.3. The molecule has 0 heterocycles. The third kappa shape index (κ3) is 0.850. The van der Waals surface area contributed by atoms with E-state index < -0.39 is 5.60 Å². The van der Waals surface area contributed by atoms with Crippen molar-refractivity contribution in [2.75, 3.05) is 0 Å². The number of aliphatic hydroxyl groups is 1. The van der Waals surface area contributed by atoms with E-state index in [9.17, 15) is 5.11 Å². The van der Waals surface area contributed by atoms with Crippen molar-refractivity contribution in [1.29, 1.82) is 0 Å². The summed E-state index contributed by atoms with van der Waals surface area (Å²) in [6.45, 7) is 0. The molecule has 1 radical (unpaired) electrons. The molecule has 0 aromatic rings. The van der Waals surface area contributed by atoms with Crippen LogP contribution in [-0.2, 0) is 0 Å². The smallest absolute Gasteiger partial charge is 0.126 e. The van der Waals surface area contributed by atoms with E-state index in [1.165, 1.54) is 0 Å². The van der Waals surface area contributed by atoms with E-state index in [0.29, 0.717) is 0 Å². The summed E-state index contributed by atoms with van der Waals surface area (Å²) in [5, 5.41) is 9.20. The lowest BCUT2D eigenvalue weighted by atomic mass is 10.1. The predicted molar refractivity (Wildman–Crippen MR) is 30.5 cm³/mol. The van der Waals surface area contributed by atoms with Crippen LogP contribution in [0.4, 0.5) is 0 Å². The lowest BCUT2D eigenvalue weighted by Gasteiger charge is -2.11. The Balaban J connectivity index is 2.56. The van der Waals surface area contributed by atoms with E-state index in [2.05, 4.69) is 5.92 Å². The summed E-state index contributed by atoms with van der Waals surface area (Å²) in [4.78, 5) is 0. The van der Waals surface area contributed by atoms with Gasteiger partial charge in [0.05, 0.1) is 0 Å². The Morgan fingerprint density at radius 1 is 1.38 bits per heavy atom. The third-order valence-electron chi connectivity index (χ3n) is 1.66. The first kappa shape index (κ1) is 5.65. The highest BCUT2D eigenvalue weighted by Gasteiger charge is 2.28. The van der Waals surface area contributed by atoms with Gasteiger partial charge in [0, 0.05) is 0 Å². The quantitative estimate of drug-likeness (QED) is 0.458. The van der Waals surface area contributed by atoms with Gasteiger partial charge >= 0.3 is 0 Å². The Hall–Kier alpha value is -0.480. The van der Waals surface area contributed by atoms with Gasteiger partial charge < -0.3 is 5.11 Å². The van der Waals surface area contributed by atoms with E-state index in [1.807, 2.05) is 0 Å². The molecular weight excluding hydrogens is 100 g/mol. The summed E-state index contributed by atoms with van der Waals surface area (Å²) in [6, 6.07) is 0. The predicted octanol–water partition coefficient (Wildman–Crippen LogP) is 0.881. The van der Waals surface area contributed by atoms with Crippen LogP contribution in [0.2, 0.25) is 0 Å². The van der Waals surface area contributed by atoms with Crippen molar-refractivity contribution in [3.8, 4) is 5.92 Å². The van der Waals surface area contributed by atoms with Gasteiger partial charge in [-0.15, -0.1) is 0 Å². The molecular formula is C7H9O. The van der Waals surface area contributed by atoms with Gasteiger partial charge in [-0.25, -0.2) is 0 Å². The summed E-state index contributed by atoms with van der Waals surface area (Å²) in [5.74, 6) is 2.15. The van der Waals surface area contributed by atoms with Crippen molar-refractivity contribution in [3.63, 3.8) is 0 Å². The van der Waals surface area contributed by atoms with Crippen molar-refractivity contribution in [3.05, 3.63) is 6.42 Å². The third-order valence-corrected chi connectivity index (χ3v) is 1.66. The molecule has 0 unspecified atom stereocenters. The molecule has 1 rings (SSSR count). The topological polar surface area (TPSA) is 20.2 Å². The van der Waals surface area contributed by atoms with E-state index in [4.69, 9.17) is 6.42 Å². The SMILES string of the molecule is [C]#CC1(O)CCCC1. The normalized spacial score (nSPS) is 25.0. The number of hydrogen-bond acceptors (Lipinski definition) is 1. The summed E-state index contributed by atoms with van der Waals surface area (Å²) in [5.41, 5.74) is -0.847. The second kappa shape index (κ2) is 1.80. The van der Waals surface area contributed by atoms with Crippen LogP contribution in [0.25, 0.3) is 0 Å². The van der Waals surface area contributed by atoms with Gasteiger partial charge in [-0.3, -0.25) is 0 Å². The maximum Gasteiger partial charge on any atom is 0.126 e. The van der Waals surface area contributed by atoms with Crippen LogP contribution in [0, 0.1) is 12.3 Å². The first-order chi connectivity index (χ1) is 3.77. The zero-order chi connectivity index (χ0) is 6.04. The molecule has 1 saturated carbocycles. The highest BCUT2D eigenvalue weighted by Crippen LogP contribution is 2.27. The van der Waals surface area contributed by atoms with Crippen LogP contribution >= 0.6 is 0 Å². The van der Waals surface area contributed by atoms with E-state index >= 15 is 0 Å². The van der Waals surface area contributed by atoms with Gasteiger partial charge in [0.15, 0.2) is 0 Å². The molecule has 1 heteroatoms. The maximum atomic E-state index is 9.20. The Labute approximate surface area is 49.7 Å². The van der Waals surface area contributed by atoms with Crippen molar-refractivity contribution in [1.82, 2.24) is 0 Å². The van der Waals surface area contributed by atoms with Gasteiger partial charge in [-0.1, -0.05) is 5.92 Å². The average Bonchev–Trinajstić information content (AvgIpc) is 2.17. The number of rotatable bonds is 0. The summed E-state index contributed by atoms with van der Waals surface area (Å²) < 4.78 is 0. The van der Waals surface area contributed by atoms with E-state index in [1.54, 1.807) is 0 Å². The second-order valence-corrected chi connectivity index (χ2v) is 2.36. The Bertz CT molecular complexity index is 115. The lowest BCUT2D eigenvalue weighted by molar-refractivity contribution is 0.109. The minimum atomic E-state index is -0.847. The first-order valence-electron chi connectivity index (χ1n) is 2.93. The number of hydrogen-bond donors (Lipinski definition) is 1. The summed E-state index contributed by atoms with van der Waals surface area (Å²) in [7, 11) is 0. The zero-order valence-corrected chi connectivity index (χ0v) is 4.78. The van der Waals surface area contributed by atoms with Crippen LogP contribution in [0.1, 0.15) is 25.7 Å². The fraction of sp³-hybridized carbons (Fsp3) is 0.714. The van der Waals surface area contributed by atoms with Crippen LogP contribution in [0.5, 0.6) is 0 Å². The highest BCUT2D eigenvalue weighted by molar-refractivity contribution is 5.05. The van der Waals surface area contributed by atoms with E-state index in [0.717, 1.165) is 25.7 Å². The largest absolute Gasteiger partial charge is 0.378 e. The molecule has 1 aliphatic rings. The molecule has 0 aromatic heterocycles. The molecule has 1 nitrogen and oxygen atoms in total. The fourth-order valence-corrected chi connectivity index (χ4v) is 1.08. The minimum Gasteiger partial charge on any atom is -0.378 e. The van der Waals surface area contributed by atoms with Crippen LogP contribution in [0.15, 0.2) is 0 Å². The Kier molecular flexibility index (Phi) is 1.27. The minimum absolute atomic E-state index is 0.733. The van der Waals surface area contributed by atoms with Gasteiger partial charge in [-0.2, -0.15) is 0 Å². The molecule has 8 heavy (non-hydrogen) atoms. The fourth-order valence-electron chi connectivity index (χ4n) is 1.08. The molecule has 0 atom stereocenters. The van der Waals surface area contributed by atoms with Crippen molar-refractivity contribution >= 4 is 0 Å². The van der Waals surface area contributed by atoms with Crippen molar-refractivity contribution < 1.29 is 5.11 Å². The molecule has 0 aliphatic heterocycles. The van der Waals surface area contributed by atoms with Gasteiger partial charge in [-0.05, 0) is 32.1 Å². The van der Waals surface area contributed by atoms with E-state index in [-0.39, 0.29) is 0 Å². The average molecular weight is 109 g/mol. The Morgan fingerprint density at radius 2 is 1.88 bits per heavy atom. The standard InChI is InChI=1S/C7H9O/c1-2-7(8)5-3-4-6-7/h8H,3-6H2. The molecule has 0 bridgehead atoms. The van der Waals surface area contributed by atoms with Crippen LogP contribution in [-0.4, -0.2) is 10.7 Å². The molecule has 1 fully saturated rings. The molecule has 0 amide bonds. The molecule has 43 valence electrons. The van der Waals surface area contributed by atoms with Crippen molar-refractivity contribution in [2.45, 2.75) is 31.3 Å². The van der Waals surface area contributed by atoms with Crippen molar-refractivity contribution in [2.24, 2.45) is 0 Å². The van der Waals surface area contributed by atoms with Crippen LogP contribution in [0.3, 0.4) is 0 Å². The Morgan fingerprint density at radius 3 is 2.12 bits per heavy atom. The van der Waals surface area contributed by atoms with Gasteiger partial charge in [0.1, 0.15) is 5.60 Å². The van der Waals surface area contributed by atoms with Crippen LogP contribution < -0.4 is 0 Å². The monoisotopic (exact) mass is 109 g/mol. The zero-order valence-electron chi connectivity index (χ0n) is 4.78. The molecule has 1 N–H and O–H groups in total. The second-order valence-electron chi connectivity index (χ2n) is 2.36. The lowest BCUT2D eigenvalue weighted by Crippen LogP contribution is -2.20. The van der Waals surface area contributed by atoms with Gasteiger partial charge in [0.25, 0.3) is 0 Å². The molecule has 0 aromatic carbocycles.